The van der Waals surface area contributed by atoms with Gasteiger partial charge in [-0.2, -0.15) is 5.01 Å². The number of benzene rings is 1. The average molecular weight is 363 g/mol. The number of imide groups is 1. The van der Waals surface area contributed by atoms with Crippen molar-refractivity contribution in [2.24, 2.45) is 5.92 Å². The van der Waals surface area contributed by atoms with Crippen LogP contribution >= 0.6 is 0 Å². The number of carbonyl (C=O) groups excluding carboxylic acids is 3. The highest BCUT2D eigenvalue weighted by molar-refractivity contribution is 6.09. The molecule has 0 bridgehead atoms. The first-order valence-corrected chi connectivity index (χ1v) is 8.50. The van der Waals surface area contributed by atoms with E-state index in [-0.39, 0.29) is 5.56 Å². The van der Waals surface area contributed by atoms with Crippen LogP contribution in [0.1, 0.15) is 44.5 Å². The molecule has 8 nitrogen and oxygen atoms in total. The Labute approximate surface area is 152 Å². The van der Waals surface area contributed by atoms with Gasteiger partial charge < -0.3 is 14.8 Å². The van der Waals surface area contributed by atoms with Gasteiger partial charge in [0.2, 0.25) is 0 Å². The summed E-state index contributed by atoms with van der Waals surface area (Å²) in [4.78, 5) is 36.8. The molecule has 1 heterocycles. The lowest BCUT2D eigenvalue weighted by Crippen LogP contribution is -2.48. The van der Waals surface area contributed by atoms with Crippen LogP contribution in [0.15, 0.2) is 18.2 Å². The van der Waals surface area contributed by atoms with Gasteiger partial charge in [0.15, 0.2) is 11.5 Å². The Kier molecular flexibility index (Phi) is 5.74. The van der Waals surface area contributed by atoms with E-state index in [1.165, 1.54) is 13.2 Å². The number of hydrazine groups is 1. The number of rotatable bonds is 7. The maximum atomic E-state index is 12.5. The fourth-order valence-corrected chi connectivity index (χ4v) is 2.38. The van der Waals surface area contributed by atoms with Crippen molar-refractivity contribution in [3.05, 3.63) is 23.8 Å². The monoisotopic (exact) mass is 363 g/mol. The van der Waals surface area contributed by atoms with Gasteiger partial charge in [0.1, 0.15) is 5.54 Å². The summed E-state index contributed by atoms with van der Waals surface area (Å²) < 4.78 is 10.9. The molecule has 0 aliphatic carbocycles. The molecule has 0 aromatic heterocycles. The minimum Gasteiger partial charge on any atom is -0.493 e. The van der Waals surface area contributed by atoms with Crippen molar-refractivity contribution in [1.29, 1.82) is 0 Å². The van der Waals surface area contributed by atoms with Gasteiger partial charge >= 0.3 is 6.03 Å². The summed E-state index contributed by atoms with van der Waals surface area (Å²) >= 11 is 0. The molecule has 26 heavy (non-hydrogen) atoms. The number of carbonyl (C=O) groups is 3. The lowest BCUT2D eigenvalue weighted by molar-refractivity contribution is -0.132. The second kappa shape index (κ2) is 7.63. The Morgan fingerprint density at radius 1 is 1.31 bits per heavy atom. The summed E-state index contributed by atoms with van der Waals surface area (Å²) in [5.74, 6) is 0.167. The summed E-state index contributed by atoms with van der Waals surface area (Å²) in [6.45, 7) is 7.96. The van der Waals surface area contributed by atoms with Crippen molar-refractivity contribution in [3.8, 4) is 11.5 Å². The molecule has 4 amide bonds. The van der Waals surface area contributed by atoms with E-state index in [0.29, 0.717) is 35.5 Å². The molecule has 1 aromatic carbocycles. The zero-order chi connectivity index (χ0) is 19.5. The molecule has 1 aliphatic heterocycles. The fraction of sp³-hybridized carbons (Fsp3) is 0.500. The maximum absolute atomic E-state index is 12.5. The molecule has 142 valence electrons. The van der Waals surface area contributed by atoms with Crippen molar-refractivity contribution < 1.29 is 23.9 Å². The van der Waals surface area contributed by atoms with Crippen LogP contribution < -0.4 is 20.2 Å². The Morgan fingerprint density at radius 3 is 2.54 bits per heavy atom. The number of hydrogen-bond acceptors (Lipinski definition) is 5. The zero-order valence-corrected chi connectivity index (χ0v) is 15.7. The second-order valence-electron chi connectivity index (χ2n) is 6.77. The predicted octanol–water partition coefficient (Wildman–Crippen LogP) is 2.10. The van der Waals surface area contributed by atoms with Crippen LogP contribution in [0, 0.1) is 5.92 Å². The third kappa shape index (κ3) is 3.89. The highest BCUT2D eigenvalue weighted by atomic mass is 16.5. The van der Waals surface area contributed by atoms with E-state index in [2.05, 4.69) is 10.7 Å². The van der Waals surface area contributed by atoms with Crippen LogP contribution in [0.5, 0.6) is 11.5 Å². The molecule has 0 saturated carbocycles. The van der Waals surface area contributed by atoms with Gasteiger partial charge in [0.25, 0.3) is 11.8 Å². The predicted molar refractivity (Wildman–Crippen MR) is 94.9 cm³/mol. The summed E-state index contributed by atoms with van der Waals surface area (Å²) in [5, 5.41) is 3.28. The van der Waals surface area contributed by atoms with Gasteiger partial charge in [0.05, 0.1) is 13.7 Å². The Balaban J connectivity index is 2.15. The highest BCUT2D eigenvalue weighted by Gasteiger charge is 2.47. The summed E-state index contributed by atoms with van der Waals surface area (Å²) in [6, 6.07) is 4.02. The van der Waals surface area contributed by atoms with Crippen molar-refractivity contribution in [1.82, 2.24) is 15.8 Å². The van der Waals surface area contributed by atoms with Crippen molar-refractivity contribution in [3.63, 3.8) is 0 Å². The Bertz CT molecular complexity index is 719. The van der Waals surface area contributed by atoms with Crippen molar-refractivity contribution >= 4 is 17.8 Å². The van der Waals surface area contributed by atoms with Crippen LogP contribution in [0.4, 0.5) is 4.79 Å². The number of nitrogens with one attached hydrogen (secondary N) is 2. The van der Waals surface area contributed by atoms with E-state index in [1.54, 1.807) is 26.0 Å². The van der Waals surface area contributed by atoms with Gasteiger partial charge in [-0.25, -0.2) is 4.79 Å². The lowest BCUT2D eigenvalue weighted by Gasteiger charge is -2.19. The number of hydrogen-bond donors (Lipinski definition) is 2. The first-order chi connectivity index (χ1) is 12.2. The van der Waals surface area contributed by atoms with Crippen LogP contribution in [0.25, 0.3) is 0 Å². The van der Waals surface area contributed by atoms with Gasteiger partial charge in [-0.3, -0.25) is 15.0 Å². The first-order valence-electron chi connectivity index (χ1n) is 8.50. The third-order valence-corrected chi connectivity index (χ3v) is 4.18. The second-order valence-corrected chi connectivity index (χ2v) is 6.77. The van der Waals surface area contributed by atoms with E-state index in [4.69, 9.17) is 9.47 Å². The molecule has 0 unspecified atom stereocenters. The van der Waals surface area contributed by atoms with Gasteiger partial charge in [-0.15, -0.1) is 0 Å². The van der Waals surface area contributed by atoms with E-state index in [9.17, 15) is 14.4 Å². The fourth-order valence-electron chi connectivity index (χ4n) is 2.38. The molecule has 2 N–H and O–H groups in total. The van der Waals surface area contributed by atoms with Crippen molar-refractivity contribution in [2.75, 3.05) is 13.7 Å². The SMILES string of the molecule is CC[C@@]1(C)NC(=O)N(NC(=O)c2ccc(OCC(C)C)c(OC)c2)C1=O. The summed E-state index contributed by atoms with van der Waals surface area (Å²) in [5.41, 5.74) is 1.56. The van der Waals surface area contributed by atoms with E-state index < -0.39 is 23.4 Å². The van der Waals surface area contributed by atoms with Crippen LogP contribution in [0.2, 0.25) is 0 Å². The molecule has 1 fully saturated rings. The van der Waals surface area contributed by atoms with E-state index in [1.807, 2.05) is 13.8 Å². The molecule has 1 aliphatic rings. The van der Waals surface area contributed by atoms with Crippen molar-refractivity contribution in [2.45, 2.75) is 39.7 Å². The molecular formula is C18H25N3O5. The topological polar surface area (TPSA) is 97.0 Å². The number of ether oxygens (including phenoxy) is 2. The highest BCUT2D eigenvalue weighted by Crippen LogP contribution is 2.28. The maximum Gasteiger partial charge on any atom is 0.344 e. The van der Waals surface area contributed by atoms with Gasteiger partial charge in [0, 0.05) is 5.56 Å². The zero-order valence-electron chi connectivity index (χ0n) is 15.7. The van der Waals surface area contributed by atoms with Crippen LogP contribution in [-0.2, 0) is 4.79 Å². The number of urea groups is 1. The standard InChI is InChI=1S/C18H25N3O5/c1-6-18(4)16(23)21(17(24)19-18)20-15(22)12-7-8-13(14(9-12)25-5)26-10-11(2)3/h7-9,11H,6,10H2,1-5H3,(H,19,24)(H,20,22)/t18-/m1/s1. The first kappa shape index (κ1) is 19.6. The van der Waals surface area contributed by atoms with Gasteiger partial charge in [-0.05, 0) is 37.5 Å². The Morgan fingerprint density at radius 2 is 2.00 bits per heavy atom. The van der Waals surface area contributed by atoms with E-state index >= 15 is 0 Å². The molecule has 0 radical (unpaired) electrons. The largest absolute Gasteiger partial charge is 0.493 e. The molecular weight excluding hydrogens is 338 g/mol. The minimum atomic E-state index is -1.02. The normalized spacial score (nSPS) is 19.5. The number of methoxy groups -OCH3 is 1. The van der Waals surface area contributed by atoms with E-state index in [0.717, 1.165) is 0 Å². The Hall–Kier alpha value is -2.77. The molecule has 1 atom stereocenters. The van der Waals surface area contributed by atoms with Crippen LogP contribution in [0.3, 0.4) is 0 Å². The number of amides is 4. The smallest absolute Gasteiger partial charge is 0.344 e. The number of nitrogens with zero attached hydrogens (tertiary/aromatic N) is 1. The van der Waals surface area contributed by atoms with Gasteiger partial charge in [-0.1, -0.05) is 20.8 Å². The molecule has 1 saturated heterocycles. The lowest BCUT2D eigenvalue weighted by atomic mass is 10.00. The summed E-state index contributed by atoms with van der Waals surface area (Å²) in [7, 11) is 1.48. The average Bonchev–Trinajstić information content (AvgIpc) is 2.83. The molecule has 1 aromatic rings. The molecule has 8 heteroatoms. The third-order valence-electron chi connectivity index (χ3n) is 4.18. The molecule has 2 rings (SSSR count). The van der Waals surface area contributed by atoms with Crippen LogP contribution in [-0.4, -0.2) is 42.1 Å². The minimum absolute atomic E-state index is 0.240. The quantitative estimate of drug-likeness (QED) is 0.723. The summed E-state index contributed by atoms with van der Waals surface area (Å²) in [6.07, 6.45) is 0.416. The molecule has 0 spiro atoms.